The first-order chi connectivity index (χ1) is 6.66. The van der Waals surface area contributed by atoms with Crippen LogP contribution in [0.15, 0.2) is 0 Å². The van der Waals surface area contributed by atoms with Crippen molar-refractivity contribution < 1.29 is 14.9 Å². The van der Waals surface area contributed by atoms with Gasteiger partial charge in [0.05, 0.1) is 12.8 Å². The normalized spacial score (nSPS) is 13.5. The SMILES string of the molecule is CCCCCCNC(N)COC(O)O. The largest absolute Gasteiger partial charge is 0.346 e. The molecule has 0 aliphatic rings. The molecule has 0 aromatic rings. The van der Waals surface area contributed by atoms with Crippen LogP contribution < -0.4 is 11.1 Å². The molecule has 5 nitrogen and oxygen atoms in total. The molecule has 5 heteroatoms. The minimum atomic E-state index is -1.73. The van der Waals surface area contributed by atoms with Crippen LogP contribution in [0.3, 0.4) is 0 Å². The first-order valence-corrected chi connectivity index (χ1v) is 5.13. The van der Waals surface area contributed by atoms with E-state index in [1.165, 1.54) is 19.3 Å². The van der Waals surface area contributed by atoms with Crippen LogP contribution in [0.25, 0.3) is 0 Å². The third kappa shape index (κ3) is 9.88. The summed E-state index contributed by atoms with van der Waals surface area (Å²) in [5.74, 6) is 0. The van der Waals surface area contributed by atoms with Gasteiger partial charge >= 0.3 is 0 Å². The second-order valence-electron chi connectivity index (χ2n) is 3.28. The molecule has 14 heavy (non-hydrogen) atoms. The zero-order valence-corrected chi connectivity index (χ0v) is 8.78. The molecule has 0 saturated heterocycles. The van der Waals surface area contributed by atoms with Crippen LogP contribution in [0.4, 0.5) is 0 Å². The molecule has 5 N–H and O–H groups in total. The summed E-state index contributed by atoms with van der Waals surface area (Å²) >= 11 is 0. The van der Waals surface area contributed by atoms with Crippen molar-refractivity contribution in [2.75, 3.05) is 13.2 Å². The minimum Gasteiger partial charge on any atom is -0.346 e. The summed E-state index contributed by atoms with van der Waals surface area (Å²) in [7, 11) is 0. The highest BCUT2D eigenvalue weighted by Gasteiger charge is 2.03. The molecule has 0 bridgehead atoms. The number of aliphatic hydroxyl groups is 2. The summed E-state index contributed by atoms with van der Waals surface area (Å²) in [4.78, 5) is 0. The van der Waals surface area contributed by atoms with Crippen molar-refractivity contribution in [2.24, 2.45) is 5.73 Å². The maximum absolute atomic E-state index is 8.39. The highest BCUT2D eigenvalue weighted by Crippen LogP contribution is 1.97. The van der Waals surface area contributed by atoms with Crippen molar-refractivity contribution in [3.8, 4) is 0 Å². The van der Waals surface area contributed by atoms with Gasteiger partial charge in [0.1, 0.15) is 0 Å². The fourth-order valence-electron chi connectivity index (χ4n) is 1.09. The molecular weight excluding hydrogens is 184 g/mol. The lowest BCUT2D eigenvalue weighted by Crippen LogP contribution is -2.42. The number of ether oxygens (including phenoxy) is 1. The Bertz CT molecular complexity index is 123. The number of rotatable bonds is 9. The van der Waals surface area contributed by atoms with Gasteiger partial charge in [-0.05, 0) is 13.0 Å². The number of nitrogens with one attached hydrogen (secondary N) is 1. The van der Waals surface area contributed by atoms with Gasteiger partial charge in [-0.2, -0.15) is 0 Å². The maximum Gasteiger partial charge on any atom is 0.266 e. The summed E-state index contributed by atoms with van der Waals surface area (Å²) in [6.07, 6.45) is 4.40. The Hall–Kier alpha value is -0.200. The molecule has 0 fully saturated rings. The predicted molar refractivity (Wildman–Crippen MR) is 54.3 cm³/mol. The Balaban J connectivity index is 3.14. The molecule has 0 saturated carbocycles. The first kappa shape index (κ1) is 13.8. The van der Waals surface area contributed by atoms with E-state index in [2.05, 4.69) is 17.0 Å². The van der Waals surface area contributed by atoms with Crippen LogP contribution in [-0.4, -0.2) is 36.0 Å². The van der Waals surface area contributed by atoms with E-state index in [0.717, 1.165) is 13.0 Å². The summed E-state index contributed by atoms with van der Waals surface area (Å²) in [6, 6.07) is 0. The number of nitrogens with two attached hydrogens (primary N) is 1. The van der Waals surface area contributed by atoms with E-state index in [1.54, 1.807) is 0 Å². The molecule has 0 aliphatic carbocycles. The van der Waals surface area contributed by atoms with Crippen LogP contribution in [0.1, 0.15) is 32.6 Å². The highest BCUT2D eigenvalue weighted by molar-refractivity contribution is 4.57. The van der Waals surface area contributed by atoms with Crippen molar-refractivity contribution in [2.45, 2.75) is 45.2 Å². The Morgan fingerprint density at radius 2 is 2.00 bits per heavy atom. The average molecular weight is 206 g/mol. The third-order valence-electron chi connectivity index (χ3n) is 1.86. The predicted octanol–water partition coefficient (Wildman–Crippen LogP) is -0.274. The van der Waals surface area contributed by atoms with Crippen molar-refractivity contribution in [3.63, 3.8) is 0 Å². The summed E-state index contributed by atoms with van der Waals surface area (Å²) < 4.78 is 4.51. The van der Waals surface area contributed by atoms with Gasteiger partial charge in [-0.3, -0.25) is 0 Å². The van der Waals surface area contributed by atoms with Gasteiger partial charge < -0.3 is 26.0 Å². The van der Waals surface area contributed by atoms with E-state index >= 15 is 0 Å². The van der Waals surface area contributed by atoms with E-state index in [1.807, 2.05) is 0 Å². The fourth-order valence-corrected chi connectivity index (χ4v) is 1.09. The van der Waals surface area contributed by atoms with Crippen LogP contribution in [0, 0.1) is 0 Å². The quantitative estimate of drug-likeness (QED) is 0.308. The topological polar surface area (TPSA) is 87.7 Å². The fraction of sp³-hybridized carbons (Fsp3) is 1.00. The van der Waals surface area contributed by atoms with Crippen LogP contribution in [0.2, 0.25) is 0 Å². The van der Waals surface area contributed by atoms with Gasteiger partial charge in [-0.15, -0.1) is 0 Å². The highest BCUT2D eigenvalue weighted by atomic mass is 16.7. The van der Waals surface area contributed by atoms with Crippen LogP contribution in [0.5, 0.6) is 0 Å². The molecular formula is C9H22N2O3. The van der Waals surface area contributed by atoms with Crippen LogP contribution >= 0.6 is 0 Å². The Kier molecular flexibility index (Phi) is 9.23. The molecule has 0 spiro atoms. The van der Waals surface area contributed by atoms with E-state index in [-0.39, 0.29) is 12.8 Å². The Morgan fingerprint density at radius 1 is 1.29 bits per heavy atom. The van der Waals surface area contributed by atoms with Crippen molar-refractivity contribution in [1.82, 2.24) is 5.32 Å². The molecule has 86 valence electrons. The standard InChI is InChI=1S/C9H22N2O3/c1-2-3-4-5-6-11-8(10)7-14-9(12)13/h8-9,11-13H,2-7,10H2,1H3. The number of unbranched alkanes of at least 4 members (excludes halogenated alkanes) is 3. The average Bonchev–Trinajstić information content (AvgIpc) is 2.14. The number of hydrogen-bond acceptors (Lipinski definition) is 5. The molecule has 0 amide bonds. The lowest BCUT2D eigenvalue weighted by atomic mass is 10.2. The van der Waals surface area contributed by atoms with Gasteiger partial charge in [-0.1, -0.05) is 26.2 Å². The summed E-state index contributed by atoms with van der Waals surface area (Å²) in [5, 5.41) is 19.8. The molecule has 0 heterocycles. The van der Waals surface area contributed by atoms with Gasteiger partial charge in [0.25, 0.3) is 6.48 Å². The zero-order chi connectivity index (χ0) is 10.8. The second kappa shape index (κ2) is 9.36. The molecule has 0 rings (SSSR count). The van der Waals surface area contributed by atoms with E-state index in [0.29, 0.717) is 0 Å². The van der Waals surface area contributed by atoms with E-state index in [4.69, 9.17) is 15.9 Å². The first-order valence-electron chi connectivity index (χ1n) is 5.13. The molecule has 1 unspecified atom stereocenters. The summed E-state index contributed by atoms with van der Waals surface area (Å²) in [5.41, 5.74) is 5.58. The van der Waals surface area contributed by atoms with Gasteiger partial charge in [0.15, 0.2) is 0 Å². The monoisotopic (exact) mass is 206 g/mol. The maximum atomic E-state index is 8.39. The number of hydrogen-bond donors (Lipinski definition) is 4. The summed E-state index contributed by atoms with van der Waals surface area (Å²) in [6.45, 7) is 1.37. The Morgan fingerprint density at radius 3 is 2.57 bits per heavy atom. The molecule has 0 aromatic carbocycles. The van der Waals surface area contributed by atoms with E-state index in [9.17, 15) is 0 Å². The molecule has 1 atom stereocenters. The van der Waals surface area contributed by atoms with Crippen LogP contribution in [-0.2, 0) is 4.74 Å². The van der Waals surface area contributed by atoms with Gasteiger partial charge in [0.2, 0.25) is 0 Å². The van der Waals surface area contributed by atoms with Gasteiger partial charge in [-0.25, -0.2) is 0 Å². The molecule has 0 aromatic heterocycles. The van der Waals surface area contributed by atoms with Crippen molar-refractivity contribution in [3.05, 3.63) is 0 Å². The third-order valence-corrected chi connectivity index (χ3v) is 1.86. The molecule has 0 aliphatic heterocycles. The smallest absolute Gasteiger partial charge is 0.266 e. The minimum absolute atomic E-state index is 0.103. The van der Waals surface area contributed by atoms with E-state index < -0.39 is 6.48 Å². The second-order valence-corrected chi connectivity index (χ2v) is 3.28. The Labute approximate surface area is 85.3 Å². The lowest BCUT2D eigenvalue weighted by molar-refractivity contribution is -0.236. The molecule has 0 radical (unpaired) electrons. The lowest BCUT2D eigenvalue weighted by Gasteiger charge is -2.14. The number of aliphatic hydroxyl groups excluding tert-OH is 1. The van der Waals surface area contributed by atoms with Crippen molar-refractivity contribution in [1.29, 1.82) is 0 Å². The van der Waals surface area contributed by atoms with Crippen molar-refractivity contribution >= 4 is 0 Å². The zero-order valence-electron chi connectivity index (χ0n) is 8.78. The van der Waals surface area contributed by atoms with Gasteiger partial charge in [0, 0.05) is 0 Å².